The Kier molecular flexibility index (Phi) is 8.15. The van der Waals surface area contributed by atoms with E-state index in [9.17, 15) is 24.0 Å². The minimum atomic E-state index is -0.807. The van der Waals surface area contributed by atoms with Gasteiger partial charge in [0, 0.05) is 5.56 Å². The van der Waals surface area contributed by atoms with Crippen LogP contribution < -0.4 is 21.2 Å². The third kappa shape index (κ3) is 6.65. The Hall–Kier alpha value is -5.30. The van der Waals surface area contributed by atoms with Crippen molar-refractivity contribution >= 4 is 41.0 Å². The number of carbonyl (C=O) groups excluding carboxylic acids is 4. The van der Waals surface area contributed by atoms with Crippen LogP contribution in [-0.4, -0.2) is 48.8 Å². The molecular formula is C28H22N6O6S. The fourth-order valence-corrected chi connectivity index (χ4v) is 4.72. The predicted octanol–water partition coefficient (Wildman–Crippen LogP) is 2.50. The summed E-state index contributed by atoms with van der Waals surface area (Å²) < 4.78 is 7.73. The van der Waals surface area contributed by atoms with Gasteiger partial charge in [-0.3, -0.25) is 24.5 Å². The average Bonchev–Trinajstić information content (AvgIpc) is 3.47. The molecule has 3 aromatic carbocycles. The normalized spacial score (nSPS) is 14.7. The molecule has 1 atom stereocenters. The molecule has 1 saturated heterocycles. The maximum Gasteiger partial charge on any atom is 0.351 e. The number of nitrogens with zero attached hydrogens (tertiary/aromatic N) is 4. The van der Waals surface area contributed by atoms with Gasteiger partial charge in [0.1, 0.15) is 17.5 Å². The number of para-hydroxylation sites is 1. The van der Waals surface area contributed by atoms with E-state index in [0.717, 1.165) is 22.0 Å². The summed E-state index contributed by atoms with van der Waals surface area (Å²) in [6.45, 7) is -0.354. The van der Waals surface area contributed by atoms with Gasteiger partial charge in [0.25, 0.3) is 11.1 Å². The number of ether oxygens (including phenoxy) is 1. The highest BCUT2D eigenvalue weighted by molar-refractivity contribution is 8.15. The van der Waals surface area contributed by atoms with Crippen molar-refractivity contribution in [2.75, 3.05) is 0 Å². The first-order valence-electron chi connectivity index (χ1n) is 12.3. The number of hydrogen-bond donors (Lipinski definition) is 2. The van der Waals surface area contributed by atoms with Crippen molar-refractivity contribution < 1.29 is 23.9 Å². The number of hydrazone groups is 1. The Bertz CT molecular complexity index is 1680. The van der Waals surface area contributed by atoms with Gasteiger partial charge in [-0.05, 0) is 42.0 Å². The monoisotopic (exact) mass is 570 g/mol. The topological polar surface area (TPSA) is 154 Å². The van der Waals surface area contributed by atoms with Crippen LogP contribution in [0.25, 0.3) is 17.1 Å². The number of benzene rings is 3. The molecule has 41 heavy (non-hydrogen) atoms. The smallest absolute Gasteiger partial charge is 0.351 e. The summed E-state index contributed by atoms with van der Waals surface area (Å²) in [5, 5.41) is 9.15. The molecule has 2 heterocycles. The lowest BCUT2D eigenvalue weighted by atomic mass is 10.2. The summed E-state index contributed by atoms with van der Waals surface area (Å²) in [5.74, 6) is -1.08. The van der Waals surface area contributed by atoms with Crippen LogP contribution in [0.4, 0.5) is 4.79 Å². The number of carbonyl (C=O) groups is 4. The first kappa shape index (κ1) is 27.3. The predicted molar refractivity (Wildman–Crippen MR) is 151 cm³/mol. The van der Waals surface area contributed by atoms with Crippen molar-refractivity contribution in [2.45, 2.75) is 18.2 Å². The first-order valence-corrected chi connectivity index (χ1v) is 13.2. The molecule has 1 aliphatic rings. The van der Waals surface area contributed by atoms with Gasteiger partial charge < -0.3 is 4.74 Å². The fraction of sp³-hybridized carbons (Fsp3) is 0.107. The maximum absolute atomic E-state index is 13.2. The molecule has 1 aliphatic heterocycles. The Balaban J connectivity index is 1.20. The van der Waals surface area contributed by atoms with Crippen LogP contribution in [0.3, 0.4) is 0 Å². The van der Waals surface area contributed by atoms with Gasteiger partial charge in [-0.1, -0.05) is 60.3 Å². The van der Waals surface area contributed by atoms with Crippen molar-refractivity contribution in [2.24, 2.45) is 5.10 Å². The quantitative estimate of drug-likeness (QED) is 0.135. The standard InChI is InChI=1S/C28H22N6O6S/c35-23(17-33-28(39)34(20-9-5-2-6-10-20)25(32-33)19-7-3-1-4-8-19)31-29-16-18-11-13-21(14-12-18)40-24(36)15-22-26(37)30-27(38)41-22/h1-14,16,22H,15,17H2,(H,31,35)(H,30,37,38)/b29-16-/t22-/m0/s1. The molecule has 2 N–H and O–H groups in total. The van der Waals surface area contributed by atoms with E-state index in [-0.39, 0.29) is 18.7 Å². The highest BCUT2D eigenvalue weighted by Crippen LogP contribution is 2.23. The van der Waals surface area contributed by atoms with E-state index >= 15 is 0 Å². The van der Waals surface area contributed by atoms with Crippen molar-refractivity contribution in [3.8, 4) is 22.8 Å². The molecule has 12 nitrogen and oxygen atoms in total. The Morgan fingerprint density at radius 2 is 1.66 bits per heavy atom. The largest absolute Gasteiger partial charge is 0.426 e. The number of imide groups is 1. The third-order valence-corrected chi connectivity index (χ3v) is 6.79. The highest BCUT2D eigenvalue weighted by Gasteiger charge is 2.33. The molecule has 0 spiro atoms. The van der Waals surface area contributed by atoms with E-state index < -0.39 is 34.0 Å². The average molecular weight is 571 g/mol. The van der Waals surface area contributed by atoms with Crippen molar-refractivity contribution in [1.82, 2.24) is 25.1 Å². The lowest BCUT2D eigenvalue weighted by molar-refractivity contribution is -0.135. The van der Waals surface area contributed by atoms with Crippen molar-refractivity contribution in [3.05, 3.63) is 101 Å². The minimum Gasteiger partial charge on any atom is -0.426 e. The van der Waals surface area contributed by atoms with Gasteiger partial charge in [0.15, 0.2) is 5.82 Å². The van der Waals surface area contributed by atoms with Crippen LogP contribution in [0.5, 0.6) is 5.75 Å². The number of aromatic nitrogens is 3. The zero-order chi connectivity index (χ0) is 28.8. The lowest BCUT2D eigenvalue weighted by Crippen LogP contribution is -2.31. The second-order valence-corrected chi connectivity index (χ2v) is 9.90. The van der Waals surface area contributed by atoms with E-state index in [0.29, 0.717) is 17.1 Å². The highest BCUT2D eigenvalue weighted by atomic mass is 32.2. The number of rotatable bonds is 9. The number of nitrogens with one attached hydrogen (secondary N) is 2. The molecule has 1 aromatic heterocycles. The summed E-state index contributed by atoms with van der Waals surface area (Å²) in [5.41, 5.74) is 3.84. The zero-order valence-electron chi connectivity index (χ0n) is 21.3. The molecule has 0 aliphatic carbocycles. The Morgan fingerprint density at radius 3 is 2.32 bits per heavy atom. The number of amides is 3. The second kappa shape index (κ2) is 12.3. The van der Waals surface area contributed by atoms with Gasteiger partial charge in [0.05, 0.1) is 18.3 Å². The zero-order valence-corrected chi connectivity index (χ0v) is 22.1. The van der Waals surface area contributed by atoms with E-state index in [1.54, 1.807) is 24.3 Å². The SMILES string of the molecule is O=C(Cn1nc(-c2ccccc2)n(-c2ccccc2)c1=O)N/N=C\c1ccc(OC(=O)C[C@@H]2SC(=O)NC2=O)cc1. The molecule has 1 fully saturated rings. The van der Waals surface area contributed by atoms with E-state index in [1.165, 1.54) is 22.9 Å². The summed E-state index contributed by atoms with van der Waals surface area (Å²) in [6, 6.07) is 24.5. The first-order chi connectivity index (χ1) is 19.9. The van der Waals surface area contributed by atoms with E-state index in [2.05, 4.69) is 20.9 Å². The summed E-state index contributed by atoms with van der Waals surface area (Å²) in [6.07, 6.45) is 1.15. The second-order valence-electron chi connectivity index (χ2n) is 8.72. The summed E-state index contributed by atoms with van der Waals surface area (Å²) in [7, 11) is 0. The number of esters is 1. The van der Waals surface area contributed by atoms with Crippen LogP contribution in [0.2, 0.25) is 0 Å². The van der Waals surface area contributed by atoms with Crippen LogP contribution in [0, 0.1) is 0 Å². The summed E-state index contributed by atoms with van der Waals surface area (Å²) >= 11 is 0.751. The van der Waals surface area contributed by atoms with Gasteiger partial charge >= 0.3 is 11.7 Å². The molecule has 13 heteroatoms. The third-order valence-electron chi connectivity index (χ3n) is 5.81. The molecule has 0 bridgehead atoms. The fourth-order valence-electron chi connectivity index (χ4n) is 3.92. The maximum atomic E-state index is 13.2. The van der Waals surface area contributed by atoms with Gasteiger partial charge in [-0.2, -0.15) is 5.10 Å². The van der Waals surface area contributed by atoms with Crippen LogP contribution in [-0.2, 0) is 20.9 Å². The molecular weight excluding hydrogens is 548 g/mol. The summed E-state index contributed by atoms with van der Waals surface area (Å²) in [4.78, 5) is 60.7. The van der Waals surface area contributed by atoms with Gasteiger partial charge in [0.2, 0.25) is 5.91 Å². The van der Waals surface area contributed by atoms with Crippen molar-refractivity contribution in [1.29, 1.82) is 0 Å². The van der Waals surface area contributed by atoms with Crippen LogP contribution in [0.1, 0.15) is 12.0 Å². The Morgan fingerprint density at radius 1 is 0.976 bits per heavy atom. The molecule has 0 unspecified atom stereocenters. The lowest BCUT2D eigenvalue weighted by Gasteiger charge is -2.06. The number of thioether (sulfide) groups is 1. The molecule has 0 radical (unpaired) electrons. The van der Waals surface area contributed by atoms with Crippen molar-refractivity contribution in [3.63, 3.8) is 0 Å². The molecule has 206 valence electrons. The minimum absolute atomic E-state index is 0.239. The number of hydrogen-bond acceptors (Lipinski definition) is 9. The van der Waals surface area contributed by atoms with E-state index in [1.807, 2.05) is 48.5 Å². The van der Waals surface area contributed by atoms with Gasteiger partial charge in [-0.25, -0.2) is 19.5 Å². The van der Waals surface area contributed by atoms with E-state index in [4.69, 9.17) is 4.74 Å². The van der Waals surface area contributed by atoms with Gasteiger partial charge in [-0.15, -0.1) is 5.10 Å². The molecule has 0 saturated carbocycles. The van der Waals surface area contributed by atoms with Crippen LogP contribution >= 0.6 is 11.8 Å². The molecule has 5 rings (SSSR count). The Labute approximate surface area is 237 Å². The molecule has 4 aromatic rings. The molecule has 3 amide bonds. The van der Waals surface area contributed by atoms with Crippen LogP contribution in [0.15, 0.2) is 94.8 Å².